The van der Waals surface area contributed by atoms with Crippen LogP contribution in [0.5, 0.6) is 0 Å². The molecule has 1 N–H and O–H groups in total. The Bertz CT molecular complexity index is 344. The van der Waals surface area contributed by atoms with Gasteiger partial charge in [0.25, 0.3) is 0 Å². The Morgan fingerprint density at radius 3 is 3.00 bits per heavy atom. The van der Waals surface area contributed by atoms with Crippen LogP contribution in [0.4, 0.5) is 5.69 Å². The zero-order valence-corrected chi connectivity index (χ0v) is 7.79. The lowest BCUT2D eigenvalue weighted by Crippen LogP contribution is -1.97. The lowest BCUT2D eigenvalue weighted by Gasteiger charge is -2.01. The fraction of sp³-hybridized carbons (Fsp3) is 0.111. The number of hydrogen-bond donors (Lipinski definition) is 1. The van der Waals surface area contributed by atoms with E-state index in [1.165, 1.54) is 4.88 Å². The van der Waals surface area contributed by atoms with Crippen molar-refractivity contribution in [1.29, 1.82) is 0 Å². The van der Waals surface area contributed by atoms with Crippen LogP contribution in [0.2, 0.25) is 0 Å². The normalized spacial score (nSPS) is 9.85. The predicted molar refractivity (Wildman–Crippen MR) is 53.7 cm³/mol. The molecule has 0 aliphatic rings. The summed E-state index contributed by atoms with van der Waals surface area (Å²) in [5, 5.41) is 3.25. The molecule has 0 amide bonds. The third-order valence-corrected chi connectivity index (χ3v) is 2.39. The van der Waals surface area contributed by atoms with E-state index in [0.717, 1.165) is 12.2 Å². The average molecular weight is 191 g/mol. The molecule has 13 heavy (non-hydrogen) atoms. The molecule has 0 radical (unpaired) electrons. The molecule has 2 rings (SSSR count). The van der Waals surface area contributed by atoms with E-state index in [0.29, 0.717) is 0 Å². The van der Waals surface area contributed by atoms with E-state index >= 15 is 0 Å². The van der Waals surface area contributed by atoms with E-state index in [2.05, 4.69) is 15.3 Å². The van der Waals surface area contributed by atoms with Gasteiger partial charge >= 0.3 is 0 Å². The van der Waals surface area contributed by atoms with E-state index < -0.39 is 0 Å². The molecule has 2 aromatic rings. The SMILES string of the molecule is c1cncc(NCc2cncs2)c1. The third-order valence-electron chi connectivity index (χ3n) is 1.61. The summed E-state index contributed by atoms with van der Waals surface area (Å²) in [6, 6.07) is 3.91. The van der Waals surface area contributed by atoms with Crippen molar-refractivity contribution < 1.29 is 0 Å². The Morgan fingerprint density at radius 1 is 1.31 bits per heavy atom. The van der Waals surface area contributed by atoms with Crippen LogP contribution >= 0.6 is 11.3 Å². The Balaban J connectivity index is 1.94. The molecule has 0 spiro atoms. The minimum absolute atomic E-state index is 0.816. The van der Waals surface area contributed by atoms with Crippen LogP contribution in [0.1, 0.15) is 4.88 Å². The minimum Gasteiger partial charge on any atom is -0.379 e. The summed E-state index contributed by atoms with van der Waals surface area (Å²) in [5.74, 6) is 0. The van der Waals surface area contributed by atoms with Gasteiger partial charge in [0.15, 0.2) is 0 Å². The van der Waals surface area contributed by atoms with Crippen LogP contribution in [0, 0.1) is 0 Å². The van der Waals surface area contributed by atoms with Crippen molar-refractivity contribution >= 4 is 17.0 Å². The van der Waals surface area contributed by atoms with Gasteiger partial charge in [-0.25, -0.2) is 0 Å². The number of nitrogens with zero attached hydrogens (tertiary/aromatic N) is 2. The highest BCUT2D eigenvalue weighted by molar-refractivity contribution is 7.09. The fourth-order valence-corrected chi connectivity index (χ4v) is 1.52. The van der Waals surface area contributed by atoms with Gasteiger partial charge in [-0.05, 0) is 12.1 Å². The molecule has 0 aliphatic carbocycles. The summed E-state index contributed by atoms with van der Waals surface area (Å²) < 4.78 is 0. The maximum atomic E-state index is 4.01. The summed E-state index contributed by atoms with van der Waals surface area (Å²) in [6.45, 7) is 0.816. The summed E-state index contributed by atoms with van der Waals surface area (Å²) in [6.07, 6.45) is 5.44. The monoisotopic (exact) mass is 191 g/mol. The topological polar surface area (TPSA) is 37.8 Å². The number of hydrogen-bond acceptors (Lipinski definition) is 4. The van der Waals surface area contributed by atoms with Crippen molar-refractivity contribution in [3.05, 3.63) is 41.1 Å². The Kier molecular flexibility index (Phi) is 2.52. The maximum absolute atomic E-state index is 4.01. The average Bonchev–Trinajstić information content (AvgIpc) is 2.69. The number of rotatable bonds is 3. The number of pyridine rings is 1. The number of thiazole rings is 1. The van der Waals surface area contributed by atoms with E-state index in [1.807, 2.05) is 23.8 Å². The smallest absolute Gasteiger partial charge is 0.0794 e. The van der Waals surface area contributed by atoms with Gasteiger partial charge in [-0.1, -0.05) is 0 Å². The van der Waals surface area contributed by atoms with Crippen LogP contribution in [-0.4, -0.2) is 9.97 Å². The van der Waals surface area contributed by atoms with Crippen molar-refractivity contribution in [3.63, 3.8) is 0 Å². The zero-order valence-electron chi connectivity index (χ0n) is 6.97. The fourth-order valence-electron chi connectivity index (χ4n) is 0.986. The second-order valence-electron chi connectivity index (χ2n) is 2.56. The zero-order chi connectivity index (χ0) is 8.93. The number of nitrogens with one attached hydrogen (secondary N) is 1. The molecular weight excluding hydrogens is 182 g/mol. The van der Waals surface area contributed by atoms with Crippen molar-refractivity contribution in [2.45, 2.75) is 6.54 Å². The van der Waals surface area contributed by atoms with Gasteiger partial charge in [0.05, 0.1) is 17.7 Å². The van der Waals surface area contributed by atoms with Gasteiger partial charge in [-0.2, -0.15) is 0 Å². The summed E-state index contributed by atoms with van der Waals surface area (Å²) in [7, 11) is 0. The van der Waals surface area contributed by atoms with E-state index in [9.17, 15) is 0 Å². The van der Waals surface area contributed by atoms with Gasteiger partial charge in [-0.3, -0.25) is 9.97 Å². The molecule has 0 bridgehead atoms. The molecule has 2 aromatic heterocycles. The molecule has 0 fully saturated rings. The summed E-state index contributed by atoms with van der Waals surface area (Å²) >= 11 is 1.65. The number of anilines is 1. The molecule has 3 nitrogen and oxygen atoms in total. The van der Waals surface area contributed by atoms with Crippen molar-refractivity contribution in [2.75, 3.05) is 5.32 Å². The van der Waals surface area contributed by atoms with E-state index in [1.54, 1.807) is 23.7 Å². The van der Waals surface area contributed by atoms with Crippen LogP contribution in [-0.2, 0) is 6.54 Å². The predicted octanol–water partition coefficient (Wildman–Crippen LogP) is 2.15. The lowest BCUT2D eigenvalue weighted by atomic mass is 10.4. The second-order valence-corrected chi connectivity index (χ2v) is 3.53. The van der Waals surface area contributed by atoms with Gasteiger partial charge in [-0.15, -0.1) is 11.3 Å². The Morgan fingerprint density at radius 2 is 2.31 bits per heavy atom. The van der Waals surface area contributed by atoms with E-state index in [-0.39, 0.29) is 0 Å². The van der Waals surface area contributed by atoms with Crippen molar-refractivity contribution in [3.8, 4) is 0 Å². The van der Waals surface area contributed by atoms with Crippen LogP contribution in [0.25, 0.3) is 0 Å². The van der Waals surface area contributed by atoms with Gasteiger partial charge in [0.1, 0.15) is 0 Å². The Labute approximate surface area is 80.5 Å². The molecule has 0 aliphatic heterocycles. The molecule has 0 aromatic carbocycles. The highest BCUT2D eigenvalue weighted by Crippen LogP contribution is 2.09. The third kappa shape index (κ3) is 2.26. The minimum atomic E-state index is 0.816. The molecule has 66 valence electrons. The number of aromatic nitrogens is 2. The first-order valence-corrected chi connectivity index (χ1v) is 4.84. The van der Waals surface area contributed by atoms with E-state index in [4.69, 9.17) is 0 Å². The molecule has 0 atom stereocenters. The molecule has 0 saturated carbocycles. The van der Waals surface area contributed by atoms with Gasteiger partial charge in [0.2, 0.25) is 0 Å². The largest absolute Gasteiger partial charge is 0.379 e. The molecular formula is C9H9N3S. The molecule has 4 heteroatoms. The molecule has 0 unspecified atom stereocenters. The lowest BCUT2D eigenvalue weighted by molar-refractivity contribution is 1.16. The first-order valence-electron chi connectivity index (χ1n) is 3.96. The molecule has 2 heterocycles. The quantitative estimate of drug-likeness (QED) is 0.807. The second kappa shape index (κ2) is 4.00. The van der Waals surface area contributed by atoms with Crippen molar-refractivity contribution in [2.24, 2.45) is 0 Å². The molecule has 0 saturated heterocycles. The van der Waals surface area contributed by atoms with Crippen LogP contribution in [0.3, 0.4) is 0 Å². The highest BCUT2D eigenvalue weighted by Gasteiger charge is 1.93. The summed E-state index contributed by atoms with van der Waals surface area (Å²) in [5.41, 5.74) is 2.87. The summed E-state index contributed by atoms with van der Waals surface area (Å²) in [4.78, 5) is 9.23. The Hall–Kier alpha value is -1.42. The standard InChI is InChI=1S/C9H9N3S/c1-2-8(4-10-3-1)12-6-9-5-11-7-13-9/h1-5,7,12H,6H2. The first-order chi connectivity index (χ1) is 6.45. The highest BCUT2D eigenvalue weighted by atomic mass is 32.1. The van der Waals surface area contributed by atoms with Crippen molar-refractivity contribution in [1.82, 2.24) is 9.97 Å². The van der Waals surface area contributed by atoms with Gasteiger partial charge in [0, 0.05) is 23.5 Å². The first kappa shape index (κ1) is 8.19. The van der Waals surface area contributed by atoms with Crippen LogP contribution in [0.15, 0.2) is 36.2 Å². The van der Waals surface area contributed by atoms with Crippen LogP contribution < -0.4 is 5.32 Å². The maximum Gasteiger partial charge on any atom is 0.0794 e. The van der Waals surface area contributed by atoms with Gasteiger partial charge < -0.3 is 5.32 Å².